The van der Waals surface area contributed by atoms with Gasteiger partial charge in [-0.1, -0.05) is 6.92 Å². The lowest BCUT2D eigenvalue weighted by atomic mass is 10.0. The fraction of sp³-hybridized carbons (Fsp3) is 0.900. The summed E-state index contributed by atoms with van der Waals surface area (Å²) in [7, 11) is 1.58. The second-order valence-corrected chi connectivity index (χ2v) is 3.69. The minimum atomic E-state index is -0.228. The first-order chi connectivity index (χ1) is 7.04. The molecule has 5 nitrogen and oxygen atoms in total. The van der Waals surface area contributed by atoms with Gasteiger partial charge < -0.3 is 20.5 Å². The fourth-order valence-electron chi connectivity index (χ4n) is 1.17. The van der Waals surface area contributed by atoms with Crippen molar-refractivity contribution in [2.24, 2.45) is 11.7 Å². The first-order valence-electron chi connectivity index (χ1n) is 5.18. The van der Waals surface area contributed by atoms with Gasteiger partial charge in [0.15, 0.2) is 0 Å². The quantitative estimate of drug-likeness (QED) is 0.600. The van der Waals surface area contributed by atoms with E-state index in [0.29, 0.717) is 19.7 Å². The number of amides is 1. The first-order valence-corrected chi connectivity index (χ1v) is 5.18. The normalized spacial score (nSPS) is 14.7. The Morgan fingerprint density at radius 1 is 1.47 bits per heavy atom. The molecule has 90 valence electrons. The molecule has 0 aliphatic carbocycles. The van der Waals surface area contributed by atoms with Crippen LogP contribution in [0.15, 0.2) is 0 Å². The number of ether oxygens (including phenoxy) is 1. The summed E-state index contributed by atoms with van der Waals surface area (Å²) in [5.41, 5.74) is 5.66. The third-order valence-electron chi connectivity index (χ3n) is 2.43. The zero-order valence-corrected chi connectivity index (χ0v) is 9.77. The smallest absolute Gasteiger partial charge is 0.227 e. The molecule has 15 heavy (non-hydrogen) atoms. The third-order valence-corrected chi connectivity index (χ3v) is 2.43. The van der Waals surface area contributed by atoms with E-state index >= 15 is 0 Å². The molecule has 5 heteroatoms. The van der Waals surface area contributed by atoms with Crippen LogP contribution in [-0.4, -0.2) is 55.4 Å². The molecule has 0 spiro atoms. The van der Waals surface area contributed by atoms with E-state index in [4.69, 9.17) is 15.6 Å². The molecule has 0 aromatic carbocycles. The number of nitrogens with zero attached hydrogens (tertiary/aromatic N) is 1. The highest BCUT2D eigenvalue weighted by molar-refractivity contribution is 5.79. The van der Waals surface area contributed by atoms with E-state index < -0.39 is 0 Å². The number of aliphatic hydroxyl groups is 1. The zero-order chi connectivity index (χ0) is 11.8. The van der Waals surface area contributed by atoms with E-state index in [1.54, 1.807) is 25.9 Å². The molecule has 0 aromatic rings. The average Bonchev–Trinajstić information content (AvgIpc) is 2.22. The molecule has 0 aromatic heterocycles. The maximum atomic E-state index is 11.9. The predicted molar refractivity (Wildman–Crippen MR) is 58.4 cm³/mol. The molecule has 0 radical (unpaired) electrons. The molecular weight excluding hydrogens is 196 g/mol. The Morgan fingerprint density at radius 3 is 2.47 bits per heavy atom. The Morgan fingerprint density at radius 2 is 2.07 bits per heavy atom. The minimum Gasteiger partial charge on any atom is -0.395 e. The molecule has 0 heterocycles. The van der Waals surface area contributed by atoms with E-state index in [2.05, 4.69) is 0 Å². The van der Waals surface area contributed by atoms with Gasteiger partial charge in [0, 0.05) is 26.2 Å². The van der Waals surface area contributed by atoms with Gasteiger partial charge in [0.05, 0.1) is 19.1 Å². The molecule has 0 fully saturated rings. The van der Waals surface area contributed by atoms with Crippen LogP contribution in [0.4, 0.5) is 0 Å². The van der Waals surface area contributed by atoms with Crippen LogP contribution >= 0.6 is 0 Å². The lowest BCUT2D eigenvalue weighted by Crippen LogP contribution is -2.44. The van der Waals surface area contributed by atoms with Crippen LogP contribution in [0.1, 0.15) is 13.8 Å². The molecule has 0 bridgehead atoms. The molecule has 0 saturated carbocycles. The molecule has 0 saturated heterocycles. The Kier molecular flexibility index (Phi) is 7.29. The van der Waals surface area contributed by atoms with E-state index in [0.717, 1.165) is 0 Å². The summed E-state index contributed by atoms with van der Waals surface area (Å²) >= 11 is 0. The van der Waals surface area contributed by atoms with Crippen molar-refractivity contribution in [2.45, 2.75) is 19.9 Å². The van der Waals surface area contributed by atoms with E-state index in [1.807, 2.05) is 0 Å². The Hall–Kier alpha value is -0.650. The van der Waals surface area contributed by atoms with Crippen molar-refractivity contribution in [1.29, 1.82) is 0 Å². The highest BCUT2D eigenvalue weighted by Gasteiger charge is 2.22. The summed E-state index contributed by atoms with van der Waals surface area (Å²) < 4.78 is 4.90. The SMILES string of the molecule is COCCN(CCO)C(=O)C(C)C(C)N. The number of aliphatic hydroxyl groups excluding tert-OH is 1. The predicted octanol–water partition coefficient (Wildman–Crippen LogP) is -0.563. The van der Waals surface area contributed by atoms with E-state index in [1.165, 1.54) is 0 Å². The lowest BCUT2D eigenvalue weighted by molar-refractivity contribution is -0.136. The van der Waals surface area contributed by atoms with Crippen LogP contribution in [0.25, 0.3) is 0 Å². The summed E-state index contributed by atoms with van der Waals surface area (Å²) in [5, 5.41) is 8.84. The van der Waals surface area contributed by atoms with Crippen molar-refractivity contribution in [3.05, 3.63) is 0 Å². The maximum absolute atomic E-state index is 11.9. The van der Waals surface area contributed by atoms with Crippen molar-refractivity contribution >= 4 is 5.91 Å². The van der Waals surface area contributed by atoms with Crippen LogP contribution in [0, 0.1) is 5.92 Å². The second kappa shape index (κ2) is 7.62. The fourth-order valence-corrected chi connectivity index (χ4v) is 1.17. The molecule has 0 rings (SSSR count). The van der Waals surface area contributed by atoms with Gasteiger partial charge in [0.25, 0.3) is 0 Å². The molecule has 3 N–H and O–H groups in total. The summed E-state index contributed by atoms with van der Waals surface area (Å²) in [6.07, 6.45) is 0. The summed E-state index contributed by atoms with van der Waals surface area (Å²) in [5.74, 6) is -0.260. The second-order valence-electron chi connectivity index (χ2n) is 3.69. The van der Waals surface area contributed by atoms with Crippen molar-refractivity contribution < 1.29 is 14.6 Å². The van der Waals surface area contributed by atoms with Crippen molar-refractivity contribution in [3.63, 3.8) is 0 Å². The highest BCUT2D eigenvalue weighted by Crippen LogP contribution is 2.05. The Bertz CT molecular complexity index is 186. The van der Waals surface area contributed by atoms with Crippen LogP contribution in [-0.2, 0) is 9.53 Å². The summed E-state index contributed by atoms with van der Waals surface area (Å²) in [6, 6.07) is -0.179. The number of carbonyl (C=O) groups is 1. The largest absolute Gasteiger partial charge is 0.395 e. The molecule has 0 aliphatic rings. The van der Waals surface area contributed by atoms with Gasteiger partial charge in [-0.05, 0) is 6.92 Å². The number of hydrogen-bond acceptors (Lipinski definition) is 4. The highest BCUT2D eigenvalue weighted by atomic mass is 16.5. The van der Waals surface area contributed by atoms with Crippen molar-refractivity contribution in [1.82, 2.24) is 4.90 Å². The maximum Gasteiger partial charge on any atom is 0.227 e. The average molecular weight is 218 g/mol. The van der Waals surface area contributed by atoms with Gasteiger partial charge in [-0.15, -0.1) is 0 Å². The van der Waals surface area contributed by atoms with Gasteiger partial charge in [0.1, 0.15) is 0 Å². The van der Waals surface area contributed by atoms with Crippen LogP contribution in [0.2, 0.25) is 0 Å². The van der Waals surface area contributed by atoms with Crippen molar-refractivity contribution in [3.8, 4) is 0 Å². The van der Waals surface area contributed by atoms with Gasteiger partial charge in [-0.25, -0.2) is 0 Å². The standard InChI is InChI=1S/C10H22N2O3/c1-8(9(2)11)10(14)12(4-6-13)5-7-15-3/h8-9,13H,4-7,11H2,1-3H3. The molecular formula is C10H22N2O3. The topological polar surface area (TPSA) is 75.8 Å². The van der Waals surface area contributed by atoms with Crippen LogP contribution in [0.3, 0.4) is 0 Å². The van der Waals surface area contributed by atoms with E-state index in [9.17, 15) is 4.79 Å². The van der Waals surface area contributed by atoms with Gasteiger partial charge in [-0.2, -0.15) is 0 Å². The van der Waals surface area contributed by atoms with Crippen LogP contribution in [0.5, 0.6) is 0 Å². The third kappa shape index (κ3) is 5.11. The number of hydrogen-bond donors (Lipinski definition) is 2. The van der Waals surface area contributed by atoms with Gasteiger partial charge in [0.2, 0.25) is 5.91 Å². The van der Waals surface area contributed by atoms with Crippen molar-refractivity contribution in [2.75, 3.05) is 33.4 Å². The minimum absolute atomic E-state index is 0.0314. The molecule has 2 atom stereocenters. The van der Waals surface area contributed by atoms with Gasteiger partial charge >= 0.3 is 0 Å². The number of methoxy groups -OCH3 is 1. The zero-order valence-electron chi connectivity index (χ0n) is 9.77. The number of rotatable bonds is 7. The summed E-state index contributed by atoms with van der Waals surface area (Å²) in [4.78, 5) is 13.4. The monoisotopic (exact) mass is 218 g/mol. The molecule has 1 amide bonds. The summed E-state index contributed by atoms with van der Waals surface area (Å²) in [6.45, 7) is 4.85. The van der Waals surface area contributed by atoms with Gasteiger partial charge in [-0.3, -0.25) is 4.79 Å². The molecule has 2 unspecified atom stereocenters. The Balaban J connectivity index is 4.26. The van der Waals surface area contributed by atoms with E-state index in [-0.39, 0.29) is 24.5 Å². The molecule has 0 aliphatic heterocycles. The number of nitrogens with two attached hydrogens (primary N) is 1. The first kappa shape index (κ1) is 14.3. The Labute approximate surface area is 91.2 Å². The lowest BCUT2D eigenvalue weighted by Gasteiger charge is -2.26. The van der Waals surface area contributed by atoms with Crippen LogP contribution < -0.4 is 5.73 Å². The number of carbonyl (C=O) groups excluding carboxylic acids is 1.